The molecule has 0 heterocycles. The zero-order valence-electron chi connectivity index (χ0n) is 19.4. The van der Waals surface area contributed by atoms with Gasteiger partial charge in [0, 0.05) is 24.2 Å². The van der Waals surface area contributed by atoms with Gasteiger partial charge in [-0.25, -0.2) is 9.18 Å². The van der Waals surface area contributed by atoms with Crippen LogP contribution in [-0.2, 0) is 4.79 Å². The summed E-state index contributed by atoms with van der Waals surface area (Å²) < 4.78 is 19.7. The van der Waals surface area contributed by atoms with Crippen molar-refractivity contribution in [1.82, 2.24) is 0 Å². The van der Waals surface area contributed by atoms with Crippen molar-refractivity contribution in [3.8, 4) is 16.9 Å². The molecule has 5 heteroatoms. The molecular weight excluding hydrogens is 405 g/mol. The first-order valence-electron chi connectivity index (χ1n) is 10.7. The van der Waals surface area contributed by atoms with Gasteiger partial charge >= 0.3 is 5.97 Å². The van der Waals surface area contributed by atoms with Gasteiger partial charge in [0.1, 0.15) is 11.6 Å². The summed E-state index contributed by atoms with van der Waals surface area (Å²) in [6.45, 7) is 9.63. The molecule has 0 aliphatic heterocycles. The minimum absolute atomic E-state index is 0.167. The van der Waals surface area contributed by atoms with Crippen molar-refractivity contribution in [3.05, 3.63) is 77.1 Å². The lowest BCUT2D eigenvalue weighted by Gasteiger charge is -2.27. The number of anilines is 2. The number of carbonyl (C=O) groups is 1. The van der Waals surface area contributed by atoms with Gasteiger partial charge in [-0.2, -0.15) is 0 Å². The van der Waals surface area contributed by atoms with Crippen LogP contribution in [0.2, 0.25) is 0 Å². The fourth-order valence-electron chi connectivity index (χ4n) is 3.99. The lowest BCUT2D eigenvalue weighted by molar-refractivity contribution is -0.147. The zero-order chi connectivity index (χ0) is 23.6. The number of benzene rings is 3. The van der Waals surface area contributed by atoms with Crippen LogP contribution in [0.1, 0.15) is 30.5 Å². The Kier molecular flexibility index (Phi) is 6.87. The average molecular weight is 436 g/mol. The van der Waals surface area contributed by atoms with E-state index in [-0.39, 0.29) is 11.7 Å². The SMILES string of the molecule is Cc1cc(-c2cccc(F)c2)cc(N(C)c2c(C)ccc(OC(C(=O)O)C(C)C)c2C)c1. The minimum atomic E-state index is -0.978. The maximum atomic E-state index is 13.8. The van der Waals surface area contributed by atoms with Crippen molar-refractivity contribution < 1.29 is 19.0 Å². The number of aliphatic carboxylic acids is 1. The first-order chi connectivity index (χ1) is 15.1. The third-order valence-electron chi connectivity index (χ3n) is 5.63. The van der Waals surface area contributed by atoms with E-state index in [0.29, 0.717) is 5.75 Å². The molecule has 3 aromatic carbocycles. The highest BCUT2D eigenvalue weighted by Crippen LogP contribution is 2.38. The molecule has 4 nitrogen and oxygen atoms in total. The van der Waals surface area contributed by atoms with Crippen LogP contribution in [0, 0.1) is 32.5 Å². The Hall–Kier alpha value is -3.34. The lowest BCUT2D eigenvalue weighted by atomic mass is 10.0. The van der Waals surface area contributed by atoms with Gasteiger partial charge in [-0.15, -0.1) is 0 Å². The Morgan fingerprint density at radius 1 is 1.00 bits per heavy atom. The molecule has 1 unspecified atom stereocenters. The Labute approximate surface area is 189 Å². The largest absolute Gasteiger partial charge is 0.478 e. The molecule has 168 valence electrons. The molecule has 32 heavy (non-hydrogen) atoms. The van der Waals surface area contributed by atoms with Crippen molar-refractivity contribution in [2.75, 3.05) is 11.9 Å². The van der Waals surface area contributed by atoms with Crippen LogP contribution in [0.4, 0.5) is 15.8 Å². The Morgan fingerprint density at radius 3 is 2.34 bits per heavy atom. The van der Waals surface area contributed by atoms with E-state index in [1.165, 1.54) is 12.1 Å². The van der Waals surface area contributed by atoms with Crippen LogP contribution in [0.15, 0.2) is 54.6 Å². The van der Waals surface area contributed by atoms with E-state index in [1.54, 1.807) is 6.07 Å². The predicted molar refractivity (Wildman–Crippen MR) is 127 cm³/mol. The number of ether oxygens (including phenoxy) is 1. The van der Waals surface area contributed by atoms with Gasteiger partial charge in [0.2, 0.25) is 0 Å². The smallest absolute Gasteiger partial charge is 0.345 e. The van der Waals surface area contributed by atoms with Crippen molar-refractivity contribution in [3.63, 3.8) is 0 Å². The molecule has 0 radical (unpaired) electrons. The van der Waals surface area contributed by atoms with E-state index in [9.17, 15) is 14.3 Å². The number of halogens is 1. The Morgan fingerprint density at radius 2 is 1.72 bits per heavy atom. The summed E-state index contributed by atoms with van der Waals surface area (Å²) in [4.78, 5) is 13.7. The number of carboxylic acids is 1. The summed E-state index contributed by atoms with van der Waals surface area (Å²) in [6, 6.07) is 16.5. The molecule has 0 aromatic heterocycles. The van der Waals surface area contributed by atoms with E-state index in [1.807, 2.05) is 72.0 Å². The Bertz CT molecular complexity index is 1140. The number of hydrogen-bond acceptors (Lipinski definition) is 3. The molecule has 0 saturated carbocycles. The molecule has 0 aliphatic carbocycles. The van der Waals surface area contributed by atoms with Gasteiger partial charge in [-0.1, -0.05) is 38.1 Å². The van der Waals surface area contributed by atoms with Gasteiger partial charge in [0.15, 0.2) is 6.10 Å². The number of carboxylic acid groups (broad SMARTS) is 1. The van der Waals surface area contributed by atoms with Crippen molar-refractivity contribution in [2.45, 2.75) is 40.7 Å². The quantitative estimate of drug-likeness (QED) is 0.450. The number of hydrogen-bond donors (Lipinski definition) is 1. The predicted octanol–water partition coefficient (Wildman–Crippen LogP) is 6.67. The molecule has 0 amide bonds. The second-order valence-corrected chi connectivity index (χ2v) is 8.60. The average Bonchev–Trinajstić information content (AvgIpc) is 2.72. The minimum Gasteiger partial charge on any atom is -0.478 e. The molecule has 0 fully saturated rings. The summed E-state index contributed by atoms with van der Waals surface area (Å²) in [6.07, 6.45) is -0.923. The third-order valence-corrected chi connectivity index (χ3v) is 5.63. The number of aryl methyl sites for hydroxylation is 2. The van der Waals surface area contributed by atoms with Gasteiger partial charge < -0.3 is 14.7 Å². The summed E-state index contributed by atoms with van der Waals surface area (Å²) in [7, 11) is 1.97. The number of nitrogens with zero attached hydrogens (tertiary/aromatic N) is 1. The van der Waals surface area contributed by atoms with Crippen LogP contribution in [-0.4, -0.2) is 24.2 Å². The third kappa shape index (κ3) is 4.93. The molecule has 1 N–H and O–H groups in total. The first-order valence-corrected chi connectivity index (χ1v) is 10.7. The van der Waals surface area contributed by atoms with Crippen molar-refractivity contribution in [1.29, 1.82) is 0 Å². The molecule has 0 aliphatic rings. The van der Waals surface area contributed by atoms with Crippen LogP contribution in [0.5, 0.6) is 5.75 Å². The molecule has 3 rings (SSSR count). The van der Waals surface area contributed by atoms with E-state index >= 15 is 0 Å². The normalized spacial score (nSPS) is 12.0. The summed E-state index contributed by atoms with van der Waals surface area (Å²) in [5.41, 5.74) is 6.62. The second-order valence-electron chi connectivity index (χ2n) is 8.60. The van der Waals surface area contributed by atoms with Gasteiger partial charge in [-0.05, 0) is 73.4 Å². The maximum absolute atomic E-state index is 13.8. The summed E-state index contributed by atoms with van der Waals surface area (Å²) in [5, 5.41) is 9.53. The molecular formula is C27H30FNO3. The molecule has 0 bridgehead atoms. The highest BCUT2D eigenvalue weighted by atomic mass is 19.1. The lowest BCUT2D eigenvalue weighted by Crippen LogP contribution is -2.32. The fraction of sp³-hybridized carbons (Fsp3) is 0.296. The standard InChI is InChI=1S/C27H30FNO3/c1-16(2)26(27(30)31)32-24-11-10-18(4)25(19(24)5)29(6)23-13-17(3)12-21(15-23)20-8-7-9-22(28)14-20/h7-16,26H,1-6H3,(H,30,31). The van der Waals surface area contributed by atoms with Gasteiger partial charge in [-0.3, -0.25) is 0 Å². The van der Waals surface area contributed by atoms with E-state index in [0.717, 1.165) is 39.2 Å². The monoisotopic (exact) mass is 435 g/mol. The van der Waals surface area contributed by atoms with Gasteiger partial charge in [0.05, 0.1) is 5.69 Å². The zero-order valence-corrected chi connectivity index (χ0v) is 19.4. The topological polar surface area (TPSA) is 49.8 Å². The fourth-order valence-corrected chi connectivity index (χ4v) is 3.99. The van der Waals surface area contributed by atoms with E-state index in [2.05, 4.69) is 11.0 Å². The second kappa shape index (κ2) is 9.43. The van der Waals surface area contributed by atoms with Gasteiger partial charge in [0.25, 0.3) is 0 Å². The highest BCUT2D eigenvalue weighted by molar-refractivity contribution is 5.77. The first kappa shape index (κ1) is 23.3. The van der Waals surface area contributed by atoms with Crippen molar-refractivity contribution in [2.24, 2.45) is 5.92 Å². The molecule has 3 aromatic rings. The van der Waals surface area contributed by atoms with Crippen molar-refractivity contribution >= 4 is 17.3 Å². The summed E-state index contributed by atoms with van der Waals surface area (Å²) >= 11 is 0. The van der Waals surface area contributed by atoms with Crippen LogP contribution in [0.3, 0.4) is 0 Å². The summed E-state index contributed by atoms with van der Waals surface area (Å²) in [5.74, 6) is -0.863. The van der Waals surface area contributed by atoms with Crippen LogP contribution >= 0.6 is 0 Å². The number of rotatable bonds is 7. The van der Waals surface area contributed by atoms with E-state index in [4.69, 9.17) is 4.74 Å². The van der Waals surface area contributed by atoms with Crippen LogP contribution < -0.4 is 9.64 Å². The van der Waals surface area contributed by atoms with Crippen LogP contribution in [0.25, 0.3) is 11.1 Å². The molecule has 1 atom stereocenters. The highest BCUT2D eigenvalue weighted by Gasteiger charge is 2.25. The molecule has 0 saturated heterocycles. The maximum Gasteiger partial charge on any atom is 0.345 e. The van der Waals surface area contributed by atoms with E-state index < -0.39 is 12.1 Å². The molecule has 0 spiro atoms. The Balaban J connectivity index is 2.04.